The Morgan fingerprint density at radius 1 is 1.32 bits per heavy atom. The summed E-state index contributed by atoms with van der Waals surface area (Å²) in [5, 5.41) is 6.92. The molecule has 1 fully saturated rings. The summed E-state index contributed by atoms with van der Waals surface area (Å²) in [5.74, 6) is 1.26. The zero-order chi connectivity index (χ0) is 15.5. The molecule has 116 valence electrons. The van der Waals surface area contributed by atoms with Gasteiger partial charge in [-0.25, -0.2) is 0 Å². The first-order valence-electron chi connectivity index (χ1n) is 7.46. The topological polar surface area (TPSA) is 77.2 Å². The number of nitrogens with one attached hydrogen (secondary N) is 1. The summed E-state index contributed by atoms with van der Waals surface area (Å²) >= 11 is 0. The molecular formula is C16H19N3O3. The van der Waals surface area contributed by atoms with Gasteiger partial charge in [0, 0.05) is 23.7 Å². The molecule has 3 rings (SSSR count). The van der Waals surface area contributed by atoms with Gasteiger partial charge in [-0.15, -0.1) is 0 Å². The third-order valence-electron chi connectivity index (χ3n) is 3.61. The number of ether oxygens (including phenoxy) is 1. The van der Waals surface area contributed by atoms with Crippen LogP contribution in [0.2, 0.25) is 0 Å². The van der Waals surface area contributed by atoms with Crippen LogP contribution in [0.3, 0.4) is 0 Å². The predicted octanol–water partition coefficient (Wildman–Crippen LogP) is 2.38. The fourth-order valence-electron chi connectivity index (χ4n) is 2.27. The molecule has 0 radical (unpaired) electrons. The molecule has 0 saturated carbocycles. The lowest BCUT2D eigenvalue weighted by molar-refractivity contribution is 0.0930. The van der Waals surface area contributed by atoms with Crippen molar-refractivity contribution in [2.75, 3.05) is 13.2 Å². The van der Waals surface area contributed by atoms with E-state index in [1.54, 1.807) is 12.1 Å². The number of carbonyl (C=O) groups excluding carboxylic acids is 1. The molecule has 1 aliphatic heterocycles. The van der Waals surface area contributed by atoms with Gasteiger partial charge in [0.05, 0.1) is 12.6 Å². The molecule has 1 atom stereocenters. The third kappa shape index (κ3) is 3.17. The van der Waals surface area contributed by atoms with Crippen LogP contribution < -0.4 is 5.32 Å². The monoisotopic (exact) mass is 301 g/mol. The first kappa shape index (κ1) is 14.7. The second-order valence-electron chi connectivity index (χ2n) is 5.72. The van der Waals surface area contributed by atoms with Crippen LogP contribution in [0.5, 0.6) is 0 Å². The van der Waals surface area contributed by atoms with Crippen LogP contribution in [0.1, 0.15) is 42.4 Å². The van der Waals surface area contributed by atoms with Crippen molar-refractivity contribution in [2.45, 2.75) is 32.2 Å². The van der Waals surface area contributed by atoms with Crippen molar-refractivity contribution in [1.82, 2.24) is 15.5 Å². The van der Waals surface area contributed by atoms with E-state index in [9.17, 15) is 4.79 Å². The highest BCUT2D eigenvalue weighted by Gasteiger charge is 2.18. The zero-order valence-electron chi connectivity index (χ0n) is 12.7. The molecular weight excluding hydrogens is 282 g/mol. The van der Waals surface area contributed by atoms with E-state index in [1.165, 1.54) is 0 Å². The number of rotatable bonds is 4. The molecule has 1 aromatic heterocycles. The van der Waals surface area contributed by atoms with Crippen LogP contribution in [-0.4, -0.2) is 35.3 Å². The summed E-state index contributed by atoms with van der Waals surface area (Å²) in [5.41, 5.74) is 1.44. The van der Waals surface area contributed by atoms with Gasteiger partial charge in [0.2, 0.25) is 11.7 Å². The summed E-state index contributed by atoms with van der Waals surface area (Å²) < 4.78 is 10.4. The SMILES string of the molecule is CC(C)c1nc(-c2ccc(C(=O)NC3CCOC3)cc2)no1. The molecule has 0 spiro atoms. The van der Waals surface area contributed by atoms with Gasteiger partial charge in [-0.1, -0.05) is 31.1 Å². The summed E-state index contributed by atoms with van der Waals surface area (Å²) in [6.07, 6.45) is 0.866. The highest BCUT2D eigenvalue weighted by atomic mass is 16.5. The lowest BCUT2D eigenvalue weighted by Crippen LogP contribution is -2.34. The van der Waals surface area contributed by atoms with Gasteiger partial charge in [0.25, 0.3) is 5.91 Å². The van der Waals surface area contributed by atoms with Crippen molar-refractivity contribution in [3.05, 3.63) is 35.7 Å². The van der Waals surface area contributed by atoms with Gasteiger partial charge in [-0.2, -0.15) is 4.98 Å². The number of hydrogen-bond acceptors (Lipinski definition) is 5. The summed E-state index contributed by atoms with van der Waals surface area (Å²) in [4.78, 5) is 16.5. The van der Waals surface area contributed by atoms with Crippen LogP contribution >= 0.6 is 0 Å². The van der Waals surface area contributed by atoms with E-state index < -0.39 is 0 Å². The normalized spacial score (nSPS) is 17.9. The molecule has 0 bridgehead atoms. The van der Waals surface area contributed by atoms with Crippen LogP contribution in [0.15, 0.2) is 28.8 Å². The maximum Gasteiger partial charge on any atom is 0.251 e. The Morgan fingerprint density at radius 2 is 2.09 bits per heavy atom. The summed E-state index contributed by atoms with van der Waals surface area (Å²) in [7, 11) is 0. The summed E-state index contributed by atoms with van der Waals surface area (Å²) in [6.45, 7) is 5.29. The first-order chi connectivity index (χ1) is 10.6. The minimum atomic E-state index is -0.0852. The maximum absolute atomic E-state index is 12.1. The van der Waals surface area contributed by atoms with Gasteiger partial charge in [0.1, 0.15) is 0 Å². The van der Waals surface area contributed by atoms with Crippen LogP contribution in [-0.2, 0) is 4.74 Å². The van der Waals surface area contributed by atoms with E-state index in [-0.39, 0.29) is 17.9 Å². The van der Waals surface area contributed by atoms with Gasteiger partial charge in [-0.05, 0) is 18.6 Å². The van der Waals surface area contributed by atoms with Crippen molar-refractivity contribution in [3.63, 3.8) is 0 Å². The molecule has 1 saturated heterocycles. The molecule has 1 amide bonds. The lowest BCUT2D eigenvalue weighted by atomic mass is 10.1. The Morgan fingerprint density at radius 3 is 2.68 bits per heavy atom. The minimum absolute atomic E-state index is 0.0852. The van der Waals surface area contributed by atoms with E-state index in [2.05, 4.69) is 15.5 Å². The standard InChI is InChI=1S/C16H19N3O3/c1-10(2)16-18-14(19-22-16)11-3-5-12(6-4-11)15(20)17-13-7-8-21-9-13/h3-6,10,13H,7-9H2,1-2H3,(H,17,20). The predicted molar refractivity (Wildman–Crippen MR) is 80.5 cm³/mol. The van der Waals surface area contributed by atoms with Crippen LogP contribution in [0.25, 0.3) is 11.4 Å². The fourth-order valence-corrected chi connectivity index (χ4v) is 2.27. The molecule has 1 aromatic carbocycles. The molecule has 1 unspecified atom stereocenters. The van der Waals surface area contributed by atoms with E-state index in [0.29, 0.717) is 30.5 Å². The van der Waals surface area contributed by atoms with E-state index in [4.69, 9.17) is 9.26 Å². The Kier molecular flexibility index (Phi) is 4.20. The molecule has 22 heavy (non-hydrogen) atoms. The van der Waals surface area contributed by atoms with Gasteiger partial charge < -0.3 is 14.6 Å². The highest BCUT2D eigenvalue weighted by molar-refractivity contribution is 5.94. The first-order valence-corrected chi connectivity index (χ1v) is 7.46. The number of nitrogens with zero attached hydrogens (tertiary/aromatic N) is 2. The number of hydrogen-bond donors (Lipinski definition) is 1. The van der Waals surface area contributed by atoms with Crippen molar-refractivity contribution < 1.29 is 14.1 Å². The molecule has 1 aliphatic rings. The van der Waals surface area contributed by atoms with Gasteiger partial charge in [-0.3, -0.25) is 4.79 Å². The second kappa shape index (κ2) is 6.27. The Labute approximate surface area is 128 Å². The van der Waals surface area contributed by atoms with E-state index in [0.717, 1.165) is 12.0 Å². The number of carbonyl (C=O) groups is 1. The van der Waals surface area contributed by atoms with Crippen molar-refractivity contribution in [2.24, 2.45) is 0 Å². The number of aromatic nitrogens is 2. The molecule has 2 heterocycles. The Bertz CT molecular complexity index is 643. The second-order valence-corrected chi connectivity index (χ2v) is 5.72. The number of benzene rings is 1. The average molecular weight is 301 g/mol. The van der Waals surface area contributed by atoms with Crippen LogP contribution in [0.4, 0.5) is 0 Å². The smallest absolute Gasteiger partial charge is 0.251 e. The van der Waals surface area contributed by atoms with E-state index in [1.807, 2.05) is 26.0 Å². The molecule has 2 aromatic rings. The molecule has 6 heteroatoms. The lowest BCUT2D eigenvalue weighted by Gasteiger charge is -2.10. The molecule has 0 aliphatic carbocycles. The van der Waals surface area contributed by atoms with E-state index >= 15 is 0 Å². The van der Waals surface area contributed by atoms with Gasteiger partial charge >= 0.3 is 0 Å². The van der Waals surface area contributed by atoms with Crippen molar-refractivity contribution in [3.8, 4) is 11.4 Å². The average Bonchev–Trinajstić information content (AvgIpc) is 3.18. The van der Waals surface area contributed by atoms with Crippen molar-refractivity contribution >= 4 is 5.91 Å². The van der Waals surface area contributed by atoms with Gasteiger partial charge in [0.15, 0.2) is 0 Å². The maximum atomic E-state index is 12.1. The number of amides is 1. The Balaban J connectivity index is 1.70. The highest BCUT2D eigenvalue weighted by Crippen LogP contribution is 2.20. The quantitative estimate of drug-likeness (QED) is 0.938. The molecule has 1 N–H and O–H groups in total. The molecule has 6 nitrogen and oxygen atoms in total. The van der Waals surface area contributed by atoms with Crippen molar-refractivity contribution in [1.29, 1.82) is 0 Å². The Hall–Kier alpha value is -2.21. The minimum Gasteiger partial charge on any atom is -0.379 e. The fraction of sp³-hybridized carbons (Fsp3) is 0.438. The largest absolute Gasteiger partial charge is 0.379 e. The summed E-state index contributed by atoms with van der Waals surface area (Å²) in [6, 6.07) is 7.31. The zero-order valence-corrected chi connectivity index (χ0v) is 12.7. The van der Waals surface area contributed by atoms with Crippen LogP contribution in [0, 0.1) is 0 Å². The third-order valence-corrected chi connectivity index (χ3v) is 3.61.